The molecule has 1 fully saturated rings. The number of pyridine rings is 1. The van der Waals surface area contributed by atoms with Crippen molar-refractivity contribution in [2.24, 2.45) is 5.41 Å². The van der Waals surface area contributed by atoms with E-state index in [2.05, 4.69) is 22.4 Å². The van der Waals surface area contributed by atoms with Crippen LogP contribution < -0.4 is 5.32 Å². The van der Waals surface area contributed by atoms with E-state index in [9.17, 15) is 9.90 Å². The first-order valence-electron chi connectivity index (χ1n) is 11.3. The third-order valence-corrected chi connectivity index (χ3v) is 7.09. The van der Waals surface area contributed by atoms with Gasteiger partial charge in [0, 0.05) is 25.2 Å². The molecule has 1 aromatic heterocycles. The second-order valence-electron chi connectivity index (χ2n) is 8.87. The zero-order valence-corrected chi connectivity index (χ0v) is 18.2. The van der Waals surface area contributed by atoms with E-state index in [0.29, 0.717) is 30.0 Å². The van der Waals surface area contributed by atoms with Gasteiger partial charge in [0.25, 0.3) is 5.91 Å². The molecule has 0 radical (unpaired) electrons. The standard InChI is InChI=1S/C25H33N3O2/c1-3-28(4-2)24(30)23-9-8-19(17-27-23)22-16-25(10-12-26-13-11-25)15-18-6-5-7-20(29)14-21(18)22/h5,7-9,14,17,22,26,29H,3-4,6,10-13,15-16H2,1-2H3. The Bertz CT molecular complexity index is 872. The predicted octanol–water partition coefficient (Wildman–Crippen LogP) is 4.51. The average Bonchev–Trinajstić information content (AvgIpc) is 2.95. The highest BCUT2D eigenvalue weighted by Gasteiger charge is 2.41. The average molecular weight is 408 g/mol. The van der Waals surface area contributed by atoms with Crippen molar-refractivity contribution < 1.29 is 9.90 Å². The molecule has 0 saturated carbocycles. The van der Waals surface area contributed by atoms with Crippen molar-refractivity contribution >= 4 is 5.91 Å². The van der Waals surface area contributed by atoms with Crippen LogP contribution in [0.15, 0.2) is 53.5 Å². The predicted molar refractivity (Wildman–Crippen MR) is 119 cm³/mol. The Morgan fingerprint density at radius 3 is 2.70 bits per heavy atom. The topological polar surface area (TPSA) is 65.5 Å². The van der Waals surface area contributed by atoms with E-state index in [0.717, 1.165) is 37.9 Å². The number of aliphatic hydroxyl groups is 1. The zero-order chi connectivity index (χ0) is 21.1. The van der Waals surface area contributed by atoms with Crippen LogP contribution >= 0.6 is 0 Å². The first-order chi connectivity index (χ1) is 14.5. The van der Waals surface area contributed by atoms with Crippen LogP contribution in [0.25, 0.3) is 0 Å². The summed E-state index contributed by atoms with van der Waals surface area (Å²) in [5, 5.41) is 13.8. The lowest BCUT2D eigenvalue weighted by Gasteiger charge is -2.45. The summed E-state index contributed by atoms with van der Waals surface area (Å²) in [5.74, 6) is 0.521. The lowest BCUT2D eigenvalue weighted by Crippen LogP contribution is -2.40. The molecular formula is C25H33N3O2. The number of aliphatic hydroxyl groups excluding tert-OH is 1. The Labute approximate surface area is 179 Å². The minimum atomic E-state index is -0.0128. The Morgan fingerprint density at radius 1 is 1.27 bits per heavy atom. The summed E-state index contributed by atoms with van der Waals surface area (Å²) in [7, 11) is 0. The first-order valence-corrected chi connectivity index (χ1v) is 11.3. The molecule has 1 atom stereocenters. The summed E-state index contributed by atoms with van der Waals surface area (Å²) < 4.78 is 0. The molecule has 1 aromatic rings. The Morgan fingerprint density at radius 2 is 2.03 bits per heavy atom. The number of allylic oxidation sites excluding steroid dienone is 5. The molecule has 2 N–H and O–H groups in total. The summed E-state index contributed by atoms with van der Waals surface area (Å²) in [6.07, 6.45) is 13.2. The third kappa shape index (κ3) is 4.08. The highest BCUT2D eigenvalue weighted by Crippen LogP contribution is 2.52. The van der Waals surface area contributed by atoms with Crippen LogP contribution in [0.2, 0.25) is 0 Å². The summed E-state index contributed by atoms with van der Waals surface area (Å²) >= 11 is 0. The number of carbonyl (C=O) groups excluding carboxylic acids is 1. The van der Waals surface area contributed by atoms with E-state index in [1.54, 1.807) is 4.90 Å². The van der Waals surface area contributed by atoms with E-state index in [-0.39, 0.29) is 11.8 Å². The highest BCUT2D eigenvalue weighted by atomic mass is 16.3. The van der Waals surface area contributed by atoms with Gasteiger partial charge in [0.1, 0.15) is 11.5 Å². The number of nitrogens with one attached hydrogen (secondary N) is 1. The van der Waals surface area contributed by atoms with Crippen LogP contribution in [-0.2, 0) is 0 Å². The summed E-state index contributed by atoms with van der Waals surface area (Å²) in [6.45, 7) is 7.49. The smallest absolute Gasteiger partial charge is 0.272 e. The number of hydrogen-bond donors (Lipinski definition) is 2. The molecule has 5 nitrogen and oxygen atoms in total. The maximum atomic E-state index is 12.6. The Kier molecular flexibility index (Phi) is 6.09. The number of amides is 1. The fourth-order valence-corrected chi connectivity index (χ4v) is 5.38. The highest BCUT2D eigenvalue weighted by molar-refractivity contribution is 5.92. The first kappa shape index (κ1) is 20.9. The number of hydrogen-bond acceptors (Lipinski definition) is 4. The molecule has 0 bridgehead atoms. The lowest BCUT2D eigenvalue weighted by atomic mass is 9.61. The van der Waals surface area contributed by atoms with Gasteiger partial charge in [0.05, 0.1) is 0 Å². The van der Waals surface area contributed by atoms with Crippen LogP contribution in [-0.4, -0.2) is 47.1 Å². The van der Waals surface area contributed by atoms with Gasteiger partial charge in [0.15, 0.2) is 0 Å². The fourth-order valence-electron chi connectivity index (χ4n) is 5.38. The lowest BCUT2D eigenvalue weighted by molar-refractivity contribution is 0.0767. The van der Waals surface area contributed by atoms with Crippen molar-refractivity contribution in [1.82, 2.24) is 15.2 Å². The third-order valence-electron chi connectivity index (χ3n) is 7.09. The van der Waals surface area contributed by atoms with Gasteiger partial charge in [-0.25, -0.2) is 0 Å². The van der Waals surface area contributed by atoms with Gasteiger partial charge < -0.3 is 15.3 Å². The van der Waals surface area contributed by atoms with Crippen molar-refractivity contribution in [3.8, 4) is 0 Å². The molecular weight excluding hydrogens is 374 g/mol. The number of carbonyl (C=O) groups is 1. The number of nitrogens with zero attached hydrogens (tertiary/aromatic N) is 2. The molecule has 3 aliphatic rings. The molecule has 5 heteroatoms. The molecule has 160 valence electrons. The molecule has 1 saturated heterocycles. The minimum absolute atomic E-state index is 0.0128. The molecule has 2 aliphatic carbocycles. The molecule has 30 heavy (non-hydrogen) atoms. The number of piperidine rings is 1. The molecule has 4 rings (SSSR count). The number of aromatic nitrogens is 1. The molecule has 0 aromatic carbocycles. The quantitative estimate of drug-likeness (QED) is 0.771. The van der Waals surface area contributed by atoms with Gasteiger partial charge in [-0.05, 0) is 93.8 Å². The molecule has 1 amide bonds. The monoisotopic (exact) mass is 407 g/mol. The van der Waals surface area contributed by atoms with E-state index in [1.165, 1.54) is 24.0 Å². The molecule has 1 unspecified atom stereocenters. The Hall–Kier alpha value is -2.40. The Balaban J connectivity index is 1.68. The van der Waals surface area contributed by atoms with Gasteiger partial charge in [-0.1, -0.05) is 17.7 Å². The van der Waals surface area contributed by atoms with Gasteiger partial charge in [-0.3, -0.25) is 9.78 Å². The van der Waals surface area contributed by atoms with Crippen molar-refractivity contribution in [2.75, 3.05) is 26.2 Å². The van der Waals surface area contributed by atoms with Gasteiger partial charge in [-0.15, -0.1) is 0 Å². The fraction of sp³-hybridized carbons (Fsp3) is 0.520. The summed E-state index contributed by atoms with van der Waals surface area (Å²) in [5.41, 5.74) is 4.64. The maximum absolute atomic E-state index is 12.6. The summed E-state index contributed by atoms with van der Waals surface area (Å²) in [6, 6.07) is 3.95. The maximum Gasteiger partial charge on any atom is 0.272 e. The normalized spacial score (nSPS) is 23.0. The zero-order valence-electron chi connectivity index (χ0n) is 18.2. The van der Waals surface area contributed by atoms with Crippen molar-refractivity contribution in [2.45, 2.75) is 51.9 Å². The summed E-state index contributed by atoms with van der Waals surface area (Å²) in [4.78, 5) is 19.0. The SMILES string of the molecule is CCN(CC)C(=O)c1ccc(C2CC3(CCNCC3)CC3=C2C=C(O)C=CC3)cn1. The van der Waals surface area contributed by atoms with Crippen LogP contribution in [0.4, 0.5) is 0 Å². The minimum Gasteiger partial charge on any atom is -0.508 e. The largest absolute Gasteiger partial charge is 0.508 e. The van der Waals surface area contributed by atoms with Crippen molar-refractivity contribution in [1.29, 1.82) is 0 Å². The van der Waals surface area contributed by atoms with Crippen LogP contribution in [0, 0.1) is 5.41 Å². The van der Waals surface area contributed by atoms with E-state index < -0.39 is 0 Å². The second kappa shape index (κ2) is 8.76. The second-order valence-corrected chi connectivity index (χ2v) is 8.87. The van der Waals surface area contributed by atoms with E-state index in [4.69, 9.17) is 0 Å². The van der Waals surface area contributed by atoms with Crippen molar-refractivity contribution in [3.05, 3.63) is 64.7 Å². The van der Waals surface area contributed by atoms with Gasteiger partial charge >= 0.3 is 0 Å². The van der Waals surface area contributed by atoms with Crippen LogP contribution in [0.3, 0.4) is 0 Å². The van der Waals surface area contributed by atoms with Crippen LogP contribution in [0.5, 0.6) is 0 Å². The molecule has 2 heterocycles. The molecule has 1 aliphatic heterocycles. The van der Waals surface area contributed by atoms with Gasteiger partial charge in [0.2, 0.25) is 0 Å². The van der Waals surface area contributed by atoms with Crippen LogP contribution in [0.1, 0.15) is 67.9 Å². The van der Waals surface area contributed by atoms with Crippen molar-refractivity contribution in [3.63, 3.8) is 0 Å². The number of rotatable bonds is 4. The van der Waals surface area contributed by atoms with Gasteiger partial charge in [-0.2, -0.15) is 0 Å². The van der Waals surface area contributed by atoms with E-state index >= 15 is 0 Å². The molecule has 1 spiro atoms. The van der Waals surface area contributed by atoms with E-state index in [1.807, 2.05) is 38.3 Å².